The highest BCUT2D eigenvalue weighted by Gasteiger charge is 2.32. The van der Waals surface area contributed by atoms with Crippen molar-refractivity contribution in [1.29, 1.82) is 0 Å². The Kier molecular flexibility index (Phi) is 10.1. The Balaban J connectivity index is 2.02. The zero-order chi connectivity index (χ0) is 27.9. The second-order valence-corrected chi connectivity index (χ2v) is 12.1. The summed E-state index contributed by atoms with van der Waals surface area (Å²) in [5.41, 5.74) is 2.04. The summed E-state index contributed by atoms with van der Waals surface area (Å²) in [7, 11) is -4.07. The van der Waals surface area contributed by atoms with E-state index >= 15 is 0 Å². The molecule has 2 unspecified atom stereocenters. The quantitative estimate of drug-likeness (QED) is 0.324. The zero-order valence-corrected chi connectivity index (χ0v) is 24.5. The molecule has 0 aliphatic heterocycles. The number of rotatable bonds is 11. The predicted octanol–water partition coefficient (Wildman–Crippen LogP) is 5.28. The lowest BCUT2D eigenvalue weighted by atomic mass is 10.1. The molecule has 0 fully saturated rings. The number of hydrogen-bond acceptors (Lipinski definition) is 4. The highest BCUT2D eigenvalue weighted by Crippen LogP contribution is 2.25. The minimum absolute atomic E-state index is 0.0602. The lowest BCUT2D eigenvalue weighted by molar-refractivity contribution is -0.139. The van der Waals surface area contributed by atoms with E-state index in [9.17, 15) is 18.0 Å². The van der Waals surface area contributed by atoms with Crippen molar-refractivity contribution in [2.75, 3.05) is 10.8 Å². The third-order valence-electron chi connectivity index (χ3n) is 6.31. The molecule has 0 aliphatic carbocycles. The number of carbonyl (C=O) groups is 2. The van der Waals surface area contributed by atoms with Gasteiger partial charge in [-0.1, -0.05) is 65.3 Å². The van der Waals surface area contributed by atoms with Gasteiger partial charge in [0.05, 0.1) is 10.6 Å². The van der Waals surface area contributed by atoms with E-state index in [4.69, 9.17) is 0 Å². The Labute approximate surface area is 234 Å². The number of amides is 2. The topological polar surface area (TPSA) is 86.8 Å². The molecule has 0 saturated carbocycles. The van der Waals surface area contributed by atoms with Crippen LogP contribution in [0.4, 0.5) is 5.69 Å². The van der Waals surface area contributed by atoms with E-state index in [1.807, 2.05) is 51.1 Å². The molecule has 0 radical (unpaired) electrons. The first-order valence-corrected chi connectivity index (χ1v) is 14.7. The maximum absolute atomic E-state index is 13.9. The Bertz CT molecular complexity index is 1370. The molecule has 0 aliphatic rings. The molecular weight excluding hydrogens is 566 g/mol. The van der Waals surface area contributed by atoms with E-state index < -0.39 is 28.5 Å². The highest BCUT2D eigenvalue weighted by molar-refractivity contribution is 9.10. The molecule has 0 heterocycles. The molecule has 0 spiro atoms. The molecule has 3 aromatic rings. The van der Waals surface area contributed by atoms with Gasteiger partial charge in [-0.05, 0) is 74.7 Å². The van der Waals surface area contributed by atoms with Crippen LogP contribution in [-0.2, 0) is 26.2 Å². The molecule has 3 aromatic carbocycles. The standard InChI is InChI=1S/C29H34BrN3O4S/c1-5-22(3)31-29(35)23(4)32(19-24-12-10-13-25(30)18-24)28(34)20-33(26-14-9-11-21(2)17-26)38(36,37)27-15-7-6-8-16-27/h6-18,22-23H,5,19-20H2,1-4H3,(H,31,35). The van der Waals surface area contributed by atoms with Crippen molar-refractivity contribution in [3.05, 3.63) is 94.5 Å². The second-order valence-electron chi connectivity index (χ2n) is 9.31. The normalized spacial score (nSPS) is 12.9. The molecule has 2 atom stereocenters. The van der Waals surface area contributed by atoms with Crippen LogP contribution < -0.4 is 9.62 Å². The molecule has 202 valence electrons. The molecule has 38 heavy (non-hydrogen) atoms. The van der Waals surface area contributed by atoms with Crippen LogP contribution in [0.5, 0.6) is 0 Å². The highest BCUT2D eigenvalue weighted by atomic mass is 79.9. The van der Waals surface area contributed by atoms with Gasteiger partial charge in [-0.25, -0.2) is 8.42 Å². The van der Waals surface area contributed by atoms with Gasteiger partial charge >= 0.3 is 0 Å². The van der Waals surface area contributed by atoms with E-state index in [-0.39, 0.29) is 23.4 Å². The van der Waals surface area contributed by atoms with Crippen LogP contribution in [0.15, 0.2) is 88.2 Å². The van der Waals surface area contributed by atoms with Gasteiger partial charge in [0, 0.05) is 17.1 Å². The smallest absolute Gasteiger partial charge is 0.264 e. The van der Waals surface area contributed by atoms with Crippen molar-refractivity contribution in [3.63, 3.8) is 0 Å². The number of hydrogen-bond donors (Lipinski definition) is 1. The van der Waals surface area contributed by atoms with Gasteiger partial charge in [-0.2, -0.15) is 0 Å². The van der Waals surface area contributed by atoms with E-state index in [1.165, 1.54) is 17.0 Å². The van der Waals surface area contributed by atoms with Crippen molar-refractivity contribution >= 4 is 43.5 Å². The number of halogens is 1. The fourth-order valence-electron chi connectivity index (χ4n) is 3.91. The molecular formula is C29H34BrN3O4S. The first kappa shape index (κ1) is 29.4. The van der Waals surface area contributed by atoms with Crippen LogP contribution in [0.3, 0.4) is 0 Å². The number of nitrogens with one attached hydrogen (secondary N) is 1. The van der Waals surface area contributed by atoms with Crippen molar-refractivity contribution in [1.82, 2.24) is 10.2 Å². The molecule has 9 heteroatoms. The van der Waals surface area contributed by atoms with Crippen molar-refractivity contribution < 1.29 is 18.0 Å². The largest absolute Gasteiger partial charge is 0.352 e. The van der Waals surface area contributed by atoms with Crippen LogP contribution in [0, 0.1) is 6.92 Å². The van der Waals surface area contributed by atoms with Crippen LogP contribution in [0.1, 0.15) is 38.3 Å². The lowest BCUT2D eigenvalue weighted by Crippen LogP contribution is -2.52. The molecule has 3 rings (SSSR count). The van der Waals surface area contributed by atoms with Gasteiger partial charge in [0.25, 0.3) is 10.0 Å². The summed E-state index contributed by atoms with van der Waals surface area (Å²) < 4.78 is 29.5. The number of anilines is 1. The Hall–Kier alpha value is -3.17. The van der Waals surface area contributed by atoms with Crippen molar-refractivity contribution in [3.8, 4) is 0 Å². The molecule has 0 saturated heterocycles. The minimum Gasteiger partial charge on any atom is -0.352 e. The van der Waals surface area contributed by atoms with Gasteiger partial charge in [-0.15, -0.1) is 0 Å². The SMILES string of the molecule is CCC(C)NC(=O)C(C)N(Cc1cccc(Br)c1)C(=O)CN(c1cccc(C)c1)S(=O)(=O)c1ccccc1. The molecule has 0 aromatic heterocycles. The lowest BCUT2D eigenvalue weighted by Gasteiger charge is -2.32. The average molecular weight is 601 g/mol. The number of carbonyl (C=O) groups excluding carboxylic acids is 2. The zero-order valence-electron chi connectivity index (χ0n) is 22.1. The second kappa shape index (κ2) is 13.1. The van der Waals surface area contributed by atoms with E-state index in [1.54, 1.807) is 43.3 Å². The minimum atomic E-state index is -4.07. The van der Waals surface area contributed by atoms with Crippen LogP contribution in [0.25, 0.3) is 0 Å². The van der Waals surface area contributed by atoms with Gasteiger partial charge in [-0.3, -0.25) is 13.9 Å². The summed E-state index contributed by atoms with van der Waals surface area (Å²) in [6, 6.07) is 21.6. The fraction of sp³-hybridized carbons (Fsp3) is 0.310. The number of nitrogens with zero attached hydrogens (tertiary/aromatic N) is 2. The molecule has 0 bridgehead atoms. The van der Waals surface area contributed by atoms with Gasteiger partial charge in [0.15, 0.2) is 0 Å². The molecule has 7 nitrogen and oxygen atoms in total. The summed E-state index contributed by atoms with van der Waals surface area (Å²) in [5.74, 6) is -0.784. The van der Waals surface area contributed by atoms with E-state index in [0.29, 0.717) is 5.69 Å². The maximum atomic E-state index is 13.9. The van der Waals surface area contributed by atoms with Gasteiger partial charge < -0.3 is 10.2 Å². The number of aryl methyl sites for hydroxylation is 1. The van der Waals surface area contributed by atoms with E-state index in [2.05, 4.69) is 21.2 Å². The van der Waals surface area contributed by atoms with Crippen LogP contribution >= 0.6 is 15.9 Å². The Morgan fingerprint density at radius 2 is 1.63 bits per heavy atom. The maximum Gasteiger partial charge on any atom is 0.264 e. The Morgan fingerprint density at radius 1 is 0.947 bits per heavy atom. The number of sulfonamides is 1. The van der Waals surface area contributed by atoms with Crippen LogP contribution in [-0.4, -0.2) is 43.8 Å². The summed E-state index contributed by atoms with van der Waals surface area (Å²) in [6.45, 7) is 7.07. The average Bonchev–Trinajstić information content (AvgIpc) is 2.90. The summed E-state index contributed by atoms with van der Waals surface area (Å²) in [6.07, 6.45) is 0.745. The Morgan fingerprint density at radius 3 is 2.26 bits per heavy atom. The summed E-state index contributed by atoms with van der Waals surface area (Å²) in [5, 5.41) is 2.94. The number of benzene rings is 3. The predicted molar refractivity (Wildman–Crippen MR) is 154 cm³/mol. The third-order valence-corrected chi connectivity index (χ3v) is 8.59. The van der Waals surface area contributed by atoms with Crippen molar-refractivity contribution in [2.45, 2.75) is 57.6 Å². The van der Waals surface area contributed by atoms with E-state index in [0.717, 1.165) is 26.3 Å². The fourth-order valence-corrected chi connectivity index (χ4v) is 5.79. The monoisotopic (exact) mass is 599 g/mol. The van der Waals surface area contributed by atoms with Gasteiger partial charge in [0.1, 0.15) is 12.6 Å². The van der Waals surface area contributed by atoms with Crippen molar-refractivity contribution in [2.24, 2.45) is 0 Å². The van der Waals surface area contributed by atoms with Crippen LogP contribution in [0.2, 0.25) is 0 Å². The third kappa shape index (κ3) is 7.45. The first-order valence-electron chi connectivity index (χ1n) is 12.5. The molecule has 2 amide bonds. The summed E-state index contributed by atoms with van der Waals surface area (Å²) in [4.78, 5) is 28.5. The summed E-state index contributed by atoms with van der Waals surface area (Å²) >= 11 is 3.46. The van der Waals surface area contributed by atoms with Gasteiger partial charge in [0.2, 0.25) is 11.8 Å². The molecule has 1 N–H and O–H groups in total. The first-order chi connectivity index (χ1) is 18.0.